The van der Waals surface area contributed by atoms with Crippen LogP contribution in [0.15, 0.2) is 24.3 Å². The summed E-state index contributed by atoms with van der Waals surface area (Å²) in [5.41, 5.74) is 2.76. The van der Waals surface area contributed by atoms with Crippen LogP contribution in [0, 0.1) is 22.7 Å². The fraction of sp³-hybridized carbons (Fsp3) is 0.632. The van der Waals surface area contributed by atoms with Crippen molar-refractivity contribution in [1.29, 1.82) is 5.26 Å². The lowest BCUT2D eigenvalue weighted by Crippen LogP contribution is -2.27. The molecule has 2 rings (SSSR count). The molecular weight excluding hydrogens is 242 g/mol. The van der Waals surface area contributed by atoms with Gasteiger partial charge in [-0.15, -0.1) is 0 Å². The highest BCUT2D eigenvalue weighted by atomic mass is 14.4. The van der Waals surface area contributed by atoms with E-state index >= 15 is 0 Å². The van der Waals surface area contributed by atoms with Gasteiger partial charge in [0.2, 0.25) is 0 Å². The maximum absolute atomic E-state index is 9.62. The summed E-state index contributed by atoms with van der Waals surface area (Å²) in [5.74, 6) is 0.791. The molecule has 0 unspecified atom stereocenters. The molecule has 0 spiro atoms. The molecular formula is C19H27N. The Kier molecular flexibility index (Phi) is 4.23. The number of benzene rings is 1. The molecule has 0 heterocycles. The summed E-state index contributed by atoms with van der Waals surface area (Å²) in [4.78, 5) is 0. The Hall–Kier alpha value is -1.29. The van der Waals surface area contributed by atoms with E-state index in [4.69, 9.17) is 0 Å². The fourth-order valence-corrected chi connectivity index (χ4v) is 3.16. The first-order valence-corrected chi connectivity index (χ1v) is 7.85. The van der Waals surface area contributed by atoms with Crippen LogP contribution in [0.25, 0.3) is 0 Å². The van der Waals surface area contributed by atoms with Crippen LogP contribution in [0.3, 0.4) is 0 Å². The molecule has 0 aromatic heterocycles. The largest absolute Gasteiger partial charge is 0.198 e. The van der Waals surface area contributed by atoms with E-state index in [1.807, 2.05) is 0 Å². The molecule has 1 aromatic rings. The Morgan fingerprint density at radius 3 is 2.15 bits per heavy atom. The Labute approximate surface area is 124 Å². The van der Waals surface area contributed by atoms with Gasteiger partial charge < -0.3 is 0 Å². The van der Waals surface area contributed by atoms with E-state index in [1.165, 1.54) is 24.0 Å². The van der Waals surface area contributed by atoms with Crippen LogP contribution in [0.5, 0.6) is 0 Å². The van der Waals surface area contributed by atoms with Crippen LogP contribution in [0.1, 0.15) is 64.5 Å². The lowest BCUT2D eigenvalue weighted by Gasteiger charge is -2.34. The molecule has 0 radical (unpaired) electrons. The standard InChI is InChI=1S/C19H27N/c1-15-9-11-19(14-20,12-10-15)13-16-5-7-17(8-6-16)18(2,3)4/h5-8,15H,9-13H2,1-4H3. The smallest absolute Gasteiger partial charge is 0.0693 e. The lowest BCUT2D eigenvalue weighted by atomic mass is 9.68. The second-order valence-electron chi connectivity index (χ2n) is 7.70. The van der Waals surface area contributed by atoms with Crippen molar-refractivity contribution in [3.63, 3.8) is 0 Å². The van der Waals surface area contributed by atoms with Crippen molar-refractivity contribution in [2.24, 2.45) is 11.3 Å². The molecule has 0 amide bonds. The highest BCUT2D eigenvalue weighted by Gasteiger charge is 2.34. The van der Waals surface area contributed by atoms with Gasteiger partial charge in [-0.05, 0) is 54.6 Å². The van der Waals surface area contributed by atoms with Gasteiger partial charge in [-0.25, -0.2) is 0 Å². The van der Waals surface area contributed by atoms with E-state index in [9.17, 15) is 5.26 Å². The molecule has 1 aliphatic carbocycles. The van der Waals surface area contributed by atoms with Crippen molar-refractivity contribution in [1.82, 2.24) is 0 Å². The van der Waals surface area contributed by atoms with Gasteiger partial charge in [-0.3, -0.25) is 0 Å². The molecule has 1 nitrogen and oxygen atoms in total. The predicted octanol–water partition coefficient (Wildman–Crippen LogP) is 5.25. The molecule has 0 N–H and O–H groups in total. The topological polar surface area (TPSA) is 23.8 Å². The van der Waals surface area contributed by atoms with E-state index in [0.29, 0.717) is 0 Å². The first-order valence-electron chi connectivity index (χ1n) is 7.85. The van der Waals surface area contributed by atoms with E-state index in [0.717, 1.165) is 25.2 Å². The second kappa shape index (κ2) is 5.60. The third-order valence-electron chi connectivity index (χ3n) is 4.83. The van der Waals surface area contributed by atoms with Crippen molar-refractivity contribution >= 4 is 0 Å². The fourth-order valence-electron chi connectivity index (χ4n) is 3.16. The second-order valence-corrected chi connectivity index (χ2v) is 7.70. The Balaban J connectivity index is 2.11. The lowest BCUT2D eigenvalue weighted by molar-refractivity contribution is 0.219. The number of rotatable bonds is 2. The van der Waals surface area contributed by atoms with Crippen molar-refractivity contribution < 1.29 is 0 Å². The van der Waals surface area contributed by atoms with Crippen LogP contribution in [0.4, 0.5) is 0 Å². The van der Waals surface area contributed by atoms with Gasteiger partial charge >= 0.3 is 0 Å². The molecule has 0 aliphatic heterocycles. The van der Waals surface area contributed by atoms with Gasteiger partial charge in [0.05, 0.1) is 11.5 Å². The molecule has 0 atom stereocenters. The quantitative estimate of drug-likeness (QED) is 0.719. The third kappa shape index (κ3) is 3.42. The van der Waals surface area contributed by atoms with Crippen molar-refractivity contribution in [2.75, 3.05) is 0 Å². The summed E-state index contributed by atoms with van der Waals surface area (Å²) < 4.78 is 0. The molecule has 20 heavy (non-hydrogen) atoms. The van der Waals surface area contributed by atoms with Gasteiger partial charge in [0.25, 0.3) is 0 Å². The van der Waals surface area contributed by atoms with E-state index in [1.54, 1.807) is 0 Å². The van der Waals surface area contributed by atoms with E-state index < -0.39 is 0 Å². The monoisotopic (exact) mass is 269 g/mol. The summed E-state index contributed by atoms with van der Waals surface area (Å²) in [7, 11) is 0. The van der Waals surface area contributed by atoms with Crippen LogP contribution in [-0.2, 0) is 11.8 Å². The molecule has 1 aliphatic rings. The molecule has 0 bridgehead atoms. The minimum absolute atomic E-state index is 0.115. The van der Waals surface area contributed by atoms with Gasteiger partial charge in [-0.2, -0.15) is 5.26 Å². The van der Waals surface area contributed by atoms with Gasteiger partial charge in [0, 0.05) is 0 Å². The summed E-state index contributed by atoms with van der Waals surface area (Å²) in [5, 5.41) is 9.62. The average Bonchev–Trinajstić information content (AvgIpc) is 2.41. The van der Waals surface area contributed by atoms with E-state index in [-0.39, 0.29) is 10.8 Å². The third-order valence-corrected chi connectivity index (χ3v) is 4.83. The van der Waals surface area contributed by atoms with Crippen molar-refractivity contribution in [2.45, 2.75) is 65.2 Å². The van der Waals surface area contributed by atoms with Crippen LogP contribution in [-0.4, -0.2) is 0 Å². The van der Waals surface area contributed by atoms with Gasteiger partial charge in [0.1, 0.15) is 0 Å². The molecule has 0 saturated heterocycles. The van der Waals surface area contributed by atoms with Gasteiger partial charge in [-0.1, -0.05) is 52.0 Å². The summed E-state index contributed by atoms with van der Waals surface area (Å²) in [6.07, 6.45) is 5.44. The van der Waals surface area contributed by atoms with Gasteiger partial charge in [0.15, 0.2) is 0 Å². The van der Waals surface area contributed by atoms with Crippen molar-refractivity contribution in [3.05, 3.63) is 35.4 Å². The Bertz CT molecular complexity index is 476. The van der Waals surface area contributed by atoms with Crippen LogP contribution >= 0.6 is 0 Å². The molecule has 1 aromatic carbocycles. The number of nitrogens with zero attached hydrogens (tertiary/aromatic N) is 1. The molecule has 108 valence electrons. The Morgan fingerprint density at radius 1 is 1.15 bits per heavy atom. The van der Waals surface area contributed by atoms with Crippen LogP contribution in [0.2, 0.25) is 0 Å². The number of hydrogen-bond donors (Lipinski definition) is 0. The molecule has 1 heteroatoms. The highest BCUT2D eigenvalue weighted by Crippen LogP contribution is 2.41. The maximum atomic E-state index is 9.62. The van der Waals surface area contributed by atoms with E-state index in [2.05, 4.69) is 58.0 Å². The first-order chi connectivity index (χ1) is 9.35. The van der Waals surface area contributed by atoms with Crippen LogP contribution < -0.4 is 0 Å². The zero-order chi connectivity index (χ0) is 14.8. The number of hydrogen-bond acceptors (Lipinski definition) is 1. The van der Waals surface area contributed by atoms with Crippen molar-refractivity contribution in [3.8, 4) is 6.07 Å². The summed E-state index contributed by atoms with van der Waals surface area (Å²) >= 11 is 0. The average molecular weight is 269 g/mol. The summed E-state index contributed by atoms with van der Waals surface area (Å²) in [6.45, 7) is 9.02. The molecule has 1 saturated carbocycles. The normalized spacial score (nSPS) is 27.1. The molecule has 1 fully saturated rings. The summed E-state index contributed by atoms with van der Waals surface area (Å²) in [6, 6.07) is 11.5. The SMILES string of the molecule is CC1CCC(C#N)(Cc2ccc(C(C)(C)C)cc2)CC1. The zero-order valence-electron chi connectivity index (χ0n) is 13.4. The highest BCUT2D eigenvalue weighted by molar-refractivity contribution is 5.29. The zero-order valence-corrected chi connectivity index (χ0v) is 13.4. The predicted molar refractivity (Wildman–Crippen MR) is 84.5 cm³/mol. The minimum atomic E-state index is -0.115. The maximum Gasteiger partial charge on any atom is 0.0693 e. The Morgan fingerprint density at radius 2 is 1.70 bits per heavy atom. The minimum Gasteiger partial charge on any atom is -0.198 e. The number of nitriles is 1. The first kappa shape index (κ1) is 15.1.